The topological polar surface area (TPSA) is 68.3 Å². The summed E-state index contributed by atoms with van der Waals surface area (Å²) < 4.78 is 24.2. The predicted octanol–water partition coefficient (Wildman–Crippen LogP) is 3.01. The maximum atomic E-state index is 13.6. The van der Waals surface area contributed by atoms with E-state index in [9.17, 15) is 4.39 Å². The van der Waals surface area contributed by atoms with Gasteiger partial charge in [-0.1, -0.05) is 18.2 Å². The number of nitrogens with two attached hydrogens (primary N) is 1. The Labute approximate surface area is 122 Å². The Morgan fingerprint density at radius 1 is 1.19 bits per heavy atom. The van der Waals surface area contributed by atoms with E-state index < -0.39 is 5.82 Å². The van der Waals surface area contributed by atoms with Gasteiger partial charge < -0.3 is 15.2 Å². The van der Waals surface area contributed by atoms with E-state index in [4.69, 9.17) is 20.6 Å². The molecule has 2 aromatic carbocycles. The number of aryl methyl sites for hydroxylation is 1. The van der Waals surface area contributed by atoms with Crippen molar-refractivity contribution in [2.24, 2.45) is 5.73 Å². The summed E-state index contributed by atoms with van der Waals surface area (Å²) in [5, 5.41) is 7.43. The van der Waals surface area contributed by atoms with Crippen molar-refractivity contribution in [3.05, 3.63) is 58.9 Å². The average molecular weight is 288 g/mol. The molecule has 4 nitrogen and oxygen atoms in total. The van der Waals surface area contributed by atoms with Crippen LogP contribution >= 0.6 is 0 Å². The maximum Gasteiger partial charge on any atom is 0.165 e. The predicted molar refractivity (Wildman–Crippen MR) is 79.5 cm³/mol. The molecule has 0 fully saturated rings. The van der Waals surface area contributed by atoms with Gasteiger partial charge in [-0.05, 0) is 36.2 Å². The van der Waals surface area contributed by atoms with Gasteiger partial charge in [-0.15, -0.1) is 0 Å². The number of nitrogens with one attached hydrogen (secondary N) is 1. The molecule has 5 heteroatoms. The Morgan fingerprint density at radius 3 is 2.57 bits per heavy atom. The molecule has 0 amide bonds. The molecule has 0 aliphatic carbocycles. The summed E-state index contributed by atoms with van der Waals surface area (Å²) in [6.07, 6.45) is 0. The standard InChI is InChI=1S/C16H17FN2O2/c1-10-3-5-12(16(18)19)8-15(10)21-9-11-4-6-14(20-2)13(17)7-11/h3-8H,9H2,1-2H3,(H3,18,19). The van der Waals surface area contributed by atoms with Crippen LogP contribution in [0.4, 0.5) is 4.39 Å². The van der Waals surface area contributed by atoms with Crippen LogP contribution < -0.4 is 15.2 Å². The third-order valence-corrected chi connectivity index (χ3v) is 3.11. The van der Waals surface area contributed by atoms with E-state index >= 15 is 0 Å². The highest BCUT2D eigenvalue weighted by Crippen LogP contribution is 2.22. The molecule has 0 saturated carbocycles. The maximum absolute atomic E-state index is 13.6. The lowest BCUT2D eigenvalue weighted by Crippen LogP contribution is -2.11. The zero-order chi connectivity index (χ0) is 15.4. The number of hydrogen-bond donors (Lipinski definition) is 2. The van der Waals surface area contributed by atoms with Crippen molar-refractivity contribution in [3.8, 4) is 11.5 Å². The molecule has 0 spiro atoms. The quantitative estimate of drug-likeness (QED) is 0.656. The number of methoxy groups -OCH3 is 1. The Bertz CT molecular complexity index is 671. The minimum Gasteiger partial charge on any atom is -0.494 e. The normalized spacial score (nSPS) is 10.2. The monoisotopic (exact) mass is 288 g/mol. The van der Waals surface area contributed by atoms with Gasteiger partial charge in [0.1, 0.15) is 18.2 Å². The molecule has 0 aliphatic heterocycles. The fourth-order valence-corrected chi connectivity index (χ4v) is 1.88. The minimum atomic E-state index is -0.423. The van der Waals surface area contributed by atoms with Crippen molar-refractivity contribution in [2.75, 3.05) is 7.11 Å². The molecule has 2 aromatic rings. The fraction of sp³-hybridized carbons (Fsp3) is 0.188. The third-order valence-electron chi connectivity index (χ3n) is 3.11. The first-order chi connectivity index (χ1) is 10.0. The SMILES string of the molecule is COc1ccc(COc2cc(C(=N)N)ccc2C)cc1F. The van der Waals surface area contributed by atoms with E-state index in [2.05, 4.69) is 0 Å². The molecule has 0 radical (unpaired) electrons. The summed E-state index contributed by atoms with van der Waals surface area (Å²) in [5.74, 6) is 0.385. The van der Waals surface area contributed by atoms with Gasteiger partial charge in [0, 0.05) is 5.56 Å². The van der Waals surface area contributed by atoms with Gasteiger partial charge in [0.05, 0.1) is 7.11 Å². The first-order valence-corrected chi connectivity index (χ1v) is 6.41. The van der Waals surface area contributed by atoms with Crippen molar-refractivity contribution in [1.82, 2.24) is 0 Å². The zero-order valence-corrected chi connectivity index (χ0v) is 11.9. The first kappa shape index (κ1) is 14.8. The van der Waals surface area contributed by atoms with Crippen molar-refractivity contribution in [1.29, 1.82) is 5.41 Å². The number of halogens is 1. The number of rotatable bonds is 5. The molecule has 0 heterocycles. The molecule has 3 N–H and O–H groups in total. The second-order valence-corrected chi connectivity index (χ2v) is 4.65. The minimum absolute atomic E-state index is 0.0182. The van der Waals surface area contributed by atoms with Crippen LogP contribution in [0.2, 0.25) is 0 Å². The van der Waals surface area contributed by atoms with Crippen LogP contribution in [0.3, 0.4) is 0 Å². The summed E-state index contributed by atoms with van der Waals surface area (Å²) in [4.78, 5) is 0. The molecule has 21 heavy (non-hydrogen) atoms. The van der Waals surface area contributed by atoms with Gasteiger partial charge in [0.15, 0.2) is 11.6 Å². The Kier molecular flexibility index (Phi) is 4.42. The largest absolute Gasteiger partial charge is 0.494 e. The molecule has 110 valence electrons. The fourth-order valence-electron chi connectivity index (χ4n) is 1.88. The van der Waals surface area contributed by atoms with Gasteiger partial charge in [-0.25, -0.2) is 4.39 Å². The number of ether oxygens (including phenoxy) is 2. The van der Waals surface area contributed by atoms with Crippen LogP contribution in [0.25, 0.3) is 0 Å². The van der Waals surface area contributed by atoms with E-state index in [0.29, 0.717) is 16.9 Å². The van der Waals surface area contributed by atoms with E-state index in [1.165, 1.54) is 13.2 Å². The lowest BCUT2D eigenvalue weighted by molar-refractivity contribution is 0.302. The van der Waals surface area contributed by atoms with Gasteiger partial charge in [-0.2, -0.15) is 0 Å². The van der Waals surface area contributed by atoms with Crippen molar-refractivity contribution >= 4 is 5.84 Å². The van der Waals surface area contributed by atoms with E-state index in [1.54, 1.807) is 24.3 Å². The van der Waals surface area contributed by atoms with Crippen molar-refractivity contribution in [2.45, 2.75) is 13.5 Å². The second-order valence-electron chi connectivity index (χ2n) is 4.65. The van der Waals surface area contributed by atoms with E-state index in [1.807, 2.05) is 13.0 Å². The highest BCUT2D eigenvalue weighted by molar-refractivity contribution is 5.95. The molecule has 2 rings (SSSR count). The van der Waals surface area contributed by atoms with Crippen LogP contribution in [-0.2, 0) is 6.61 Å². The van der Waals surface area contributed by atoms with Gasteiger partial charge in [-0.3, -0.25) is 5.41 Å². The first-order valence-electron chi connectivity index (χ1n) is 6.41. The lowest BCUT2D eigenvalue weighted by Gasteiger charge is -2.11. The number of hydrogen-bond acceptors (Lipinski definition) is 3. The zero-order valence-electron chi connectivity index (χ0n) is 11.9. The van der Waals surface area contributed by atoms with Crippen LogP contribution in [-0.4, -0.2) is 12.9 Å². The van der Waals surface area contributed by atoms with Crippen LogP contribution in [0, 0.1) is 18.2 Å². The molecule has 0 saturated heterocycles. The summed E-state index contributed by atoms with van der Waals surface area (Å²) in [7, 11) is 1.42. The van der Waals surface area contributed by atoms with Crippen LogP contribution in [0.5, 0.6) is 11.5 Å². The van der Waals surface area contributed by atoms with E-state index in [-0.39, 0.29) is 18.2 Å². The molecule has 0 unspecified atom stereocenters. The van der Waals surface area contributed by atoms with Crippen molar-refractivity contribution in [3.63, 3.8) is 0 Å². The Hall–Kier alpha value is -2.56. The Morgan fingerprint density at radius 2 is 1.95 bits per heavy atom. The van der Waals surface area contributed by atoms with E-state index in [0.717, 1.165) is 5.56 Å². The molecule has 0 atom stereocenters. The summed E-state index contributed by atoms with van der Waals surface area (Å²) in [6.45, 7) is 2.12. The summed E-state index contributed by atoms with van der Waals surface area (Å²) >= 11 is 0. The third kappa shape index (κ3) is 3.51. The number of benzene rings is 2. The number of nitrogen functional groups attached to an aromatic ring is 1. The molecule has 0 aromatic heterocycles. The van der Waals surface area contributed by atoms with Gasteiger partial charge in [0.25, 0.3) is 0 Å². The molecular weight excluding hydrogens is 271 g/mol. The lowest BCUT2D eigenvalue weighted by atomic mass is 10.1. The van der Waals surface area contributed by atoms with Gasteiger partial charge >= 0.3 is 0 Å². The van der Waals surface area contributed by atoms with Crippen LogP contribution in [0.15, 0.2) is 36.4 Å². The summed E-state index contributed by atoms with van der Waals surface area (Å²) in [6, 6.07) is 9.98. The average Bonchev–Trinajstić information content (AvgIpc) is 2.46. The smallest absolute Gasteiger partial charge is 0.165 e. The molecule has 0 bridgehead atoms. The molecule has 0 aliphatic rings. The number of amidine groups is 1. The van der Waals surface area contributed by atoms with Crippen LogP contribution in [0.1, 0.15) is 16.7 Å². The Balaban J connectivity index is 2.14. The molecular formula is C16H17FN2O2. The second kappa shape index (κ2) is 6.26. The highest BCUT2D eigenvalue weighted by atomic mass is 19.1. The van der Waals surface area contributed by atoms with Gasteiger partial charge in [0.2, 0.25) is 0 Å². The van der Waals surface area contributed by atoms with Crippen molar-refractivity contribution < 1.29 is 13.9 Å². The summed E-state index contributed by atoms with van der Waals surface area (Å²) in [5.41, 5.74) is 7.67. The highest BCUT2D eigenvalue weighted by Gasteiger charge is 2.07.